The second kappa shape index (κ2) is 8.66. The Morgan fingerprint density at radius 1 is 1.32 bits per heavy atom. The van der Waals surface area contributed by atoms with E-state index < -0.39 is 21.8 Å². The van der Waals surface area contributed by atoms with E-state index in [0.29, 0.717) is 19.4 Å². The number of pyridine rings is 1. The van der Waals surface area contributed by atoms with Crippen LogP contribution in [0.3, 0.4) is 0 Å². The van der Waals surface area contributed by atoms with Crippen LogP contribution in [0.15, 0.2) is 47.6 Å². The minimum absolute atomic E-state index is 0.0458. The minimum atomic E-state index is -3.98. The van der Waals surface area contributed by atoms with Crippen LogP contribution in [-0.2, 0) is 21.4 Å². The van der Waals surface area contributed by atoms with Gasteiger partial charge in [-0.25, -0.2) is 12.8 Å². The number of nitrogens with zero attached hydrogens (tertiary/aromatic N) is 2. The van der Waals surface area contributed by atoms with Crippen LogP contribution in [0.1, 0.15) is 18.4 Å². The number of carbonyl (C=O) groups excluding carboxylic acids is 1. The zero-order valence-corrected chi connectivity index (χ0v) is 16.3. The van der Waals surface area contributed by atoms with Crippen molar-refractivity contribution in [1.82, 2.24) is 14.6 Å². The zero-order chi connectivity index (χ0) is 20.1. The van der Waals surface area contributed by atoms with Gasteiger partial charge in [-0.2, -0.15) is 4.31 Å². The summed E-state index contributed by atoms with van der Waals surface area (Å²) in [5.41, 5.74) is 0.910. The molecule has 0 unspecified atom stereocenters. The number of nitrogens with one attached hydrogen (secondary N) is 1. The van der Waals surface area contributed by atoms with E-state index in [4.69, 9.17) is 4.74 Å². The highest BCUT2D eigenvalue weighted by Gasteiger charge is 2.35. The first-order chi connectivity index (χ1) is 13.4. The monoisotopic (exact) mass is 407 g/mol. The first kappa shape index (κ1) is 20.2. The highest BCUT2D eigenvalue weighted by molar-refractivity contribution is 7.89. The van der Waals surface area contributed by atoms with Gasteiger partial charge in [-0.3, -0.25) is 9.78 Å². The van der Waals surface area contributed by atoms with E-state index in [1.54, 1.807) is 24.5 Å². The van der Waals surface area contributed by atoms with Gasteiger partial charge in [-0.1, -0.05) is 0 Å². The summed E-state index contributed by atoms with van der Waals surface area (Å²) in [5.74, 6) is -1.26. The molecule has 3 rings (SSSR count). The van der Waals surface area contributed by atoms with Gasteiger partial charge in [0.05, 0.1) is 13.0 Å². The molecule has 7 nitrogen and oxygen atoms in total. The van der Waals surface area contributed by atoms with Crippen molar-refractivity contribution in [3.8, 4) is 5.75 Å². The number of hydrogen-bond donors (Lipinski definition) is 1. The van der Waals surface area contributed by atoms with Crippen LogP contribution < -0.4 is 10.1 Å². The Kier molecular flexibility index (Phi) is 6.25. The van der Waals surface area contributed by atoms with Crippen LogP contribution in [-0.4, -0.2) is 43.8 Å². The number of ether oxygens (including phenoxy) is 1. The van der Waals surface area contributed by atoms with Crippen molar-refractivity contribution < 1.29 is 22.3 Å². The number of amides is 1. The van der Waals surface area contributed by atoms with Crippen molar-refractivity contribution in [2.24, 2.45) is 5.92 Å². The molecule has 0 saturated carbocycles. The third-order valence-electron chi connectivity index (χ3n) is 4.71. The molecule has 2 aromatic rings. The van der Waals surface area contributed by atoms with Gasteiger partial charge in [0.1, 0.15) is 16.5 Å². The molecule has 2 heterocycles. The Bertz CT molecular complexity index is 937. The molecule has 1 aliphatic rings. The maximum Gasteiger partial charge on any atom is 0.246 e. The van der Waals surface area contributed by atoms with Gasteiger partial charge in [0.25, 0.3) is 0 Å². The Labute approximate surface area is 163 Å². The van der Waals surface area contributed by atoms with E-state index in [9.17, 15) is 17.6 Å². The lowest BCUT2D eigenvalue weighted by Gasteiger charge is -2.31. The number of rotatable bonds is 6. The molecule has 28 heavy (non-hydrogen) atoms. The molecule has 1 amide bonds. The Hall–Kier alpha value is -2.52. The second-order valence-electron chi connectivity index (χ2n) is 6.57. The van der Waals surface area contributed by atoms with Crippen molar-refractivity contribution >= 4 is 15.9 Å². The average Bonchev–Trinajstić information content (AvgIpc) is 2.72. The molecule has 9 heteroatoms. The van der Waals surface area contributed by atoms with Crippen LogP contribution >= 0.6 is 0 Å². The molecule has 1 aliphatic heterocycles. The number of carbonyl (C=O) groups is 1. The minimum Gasteiger partial charge on any atom is -0.495 e. The molecule has 0 aliphatic carbocycles. The van der Waals surface area contributed by atoms with E-state index in [1.165, 1.54) is 17.5 Å². The predicted molar refractivity (Wildman–Crippen MR) is 101 cm³/mol. The van der Waals surface area contributed by atoms with Gasteiger partial charge in [-0.15, -0.1) is 0 Å². The van der Waals surface area contributed by atoms with Crippen molar-refractivity contribution in [2.45, 2.75) is 24.3 Å². The standard InChI is InChI=1S/C19H22FN3O4S/c1-27-17-5-4-16(20)11-18(17)28(25,26)23-10-2-3-15(13-23)19(24)22-12-14-6-8-21-9-7-14/h4-9,11,15H,2-3,10,12-13H2,1H3,(H,22,24)/t15-/m0/s1. The van der Waals surface area contributed by atoms with Gasteiger partial charge in [-0.05, 0) is 48.7 Å². The summed E-state index contributed by atoms with van der Waals surface area (Å²) in [5, 5.41) is 2.84. The molecule has 1 fully saturated rings. The number of methoxy groups -OCH3 is 1. The fourth-order valence-electron chi connectivity index (χ4n) is 3.20. The van der Waals surface area contributed by atoms with E-state index in [1.807, 2.05) is 0 Å². The molecular weight excluding hydrogens is 385 g/mol. The Morgan fingerprint density at radius 2 is 2.07 bits per heavy atom. The number of benzene rings is 1. The number of halogens is 1. The predicted octanol–water partition coefficient (Wildman–Crippen LogP) is 1.95. The largest absolute Gasteiger partial charge is 0.495 e. The van der Waals surface area contributed by atoms with E-state index >= 15 is 0 Å². The SMILES string of the molecule is COc1ccc(F)cc1S(=O)(=O)N1CCC[C@H](C(=O)NCc2ccncc2)C1. The number of hydrogen-bond acceptors (Lipinski definition) is 5. The van der Waals surface area contributed by atoms with Crippen molar-refractivity contribution in [1.29, 1.82) is 0 Å². The summed E-state index contributed by atoms with van der Waals surface area (Å²) >= 11 is 0. The molecular formula is C19H22FN3O4S. The van der Waals surface area contributed by atoms with Gasteiger partial charge in [0.2, 0.25) is 15.9 Å². The summed E-state index contributed by atoms with van der Waals surface area (Å²) in [6, 6.07) is 6.97. The maximum atomic E-state index is 13.6. The highest BCUT2D eigenvalue weighted by Crippen LogP contribution is 2.30. The molecule has 0 bridgehead atoms. The number of sulfonamides is 1. The summed E-state index contributed by atoms with van der Waals surface area (Å²) in [7, 11) is -2.65. The normalized spacial score (nSPS) is 17.9. The number of piperidine rings is 1. The van der Waals surface area contributed by atoms with E-state index in [-0.39, 0.29) is 29.6 Å². The molecule has 1 N–H and O–H groups in total. The smallest absolute Gasteiger partial charge is 0.246 e. The van der Waals surface area contributed by atoms with Crippen LogP contribution in [0.25, 0.3) is 0 Å². The second-order valence-corrected chi connectivity index (χ2v) is 8.48. The number of aromatic nitrogens is 1. The summed E-state index contributed by atoms with van der Waals surface area (Å²) in [4.78, 5) is 16.2. The lowest BCUT2D eigenvalue weighted by atomic mass is 9.99. The molecule has 150 valence electrons. The summed E-state index contributed by atoms with van der Waals surface area (Å²) in [6.45, 7) is 0.669. The van der Waals surface area contributed by atoms with Gasteiger partial charge in [0, 0.05) is 32.0 Å². The fraction of sp³-hybridized carbons (Fsp3) is 0.368. The van der Waals surface area contributed by atoms with Crippen molar-refractivity contribution in [3.05, 3.63) is 54.1 Å². The third-order valence-corrected chi connectivity index (χ3v) is 6.60. The zero-order valence-electron chi connectivity index (χ0n) is 15.5. The van der Waals surface area contributed by atoms with Gasteiger partial charge < -0.3 is 10.1 Å². The summed E-state index contributed by atoms with van der Waals surface area (Å²) in [6.07, 6.45) is 4.42. The van der Waals surface area contributed by atoms with Gasteiger partial charge in [0.15, 0.2) is 0 Å². The molecule has 0 radical (unpaired) electrons. The lowest BCUT2D eigenvalue weighted by molar-refractivity contribution is -0.126. The fourth-order valence-corrected chi connectivity index (χ4v) is 4.89. The van der Waals surface area contributed by atoms with Crippen molar-refractivity contribution in [3.63, 3.8) is 0 Å². The van der Waals surface area contributed by atoms with E-state index in [0.717, 1.165) is 17.7 Å². The van der Waals surface area contributed by atoms with Crippen molar-refractivity contribution in [2.75, 3.05) is 20.2 Å². The van der Waals surface area contributed by atoms with Crippen LogP contribution in [0.2, 0.25) is 0 Å². The molecule has 1 atom stereocenters. The average molecular weight is 407 g/mol. The van der Waals surface area contributed by atoms with Crippen LogP contribution in [0.4, 0.5) is 4.39 Å². The van der Waals surface area contributed by atoms with Crippen LogP contribution in [0, 0.1) is 11.7 Å². The molecule has 1 aromatic heterocycles. The first-order valence-electron chi connectivity index (χ1n) is 8.92. The molecule has 1 aromatic carbocycles. The van der Waals surface area contributed by atoms with Crippen LogP contribution in [0.5, 0.6) is 5.75 Å². The topological polar surface area (TPSA) is 88.6 Å². The maximum absolute atomic E-state index is 13.6. The van der Waals surface area contributed by atoms with Gasteiger partial charge >= 0.3 is 0 Å². The highest BCUT2D eigenvalue weighted by atomic mass is 32.2. The third kappa shape index (κ3) is 4.48. The summed E-state index contributed by atoms with van der Waals surface area (Å²) < 4.78 is 46.0. The molecule has 1 saturated heterocycles. The first-order valence-corrected chi connectivity index (χ1v) is 10.4. The quantitative estimate of drug-likeness (QED) is 0.791. The van der Waals surface area contributed by atoms with E-state index in [2.05, 4.69) is 10.3 Å². The Morgan fingerprint density at radius 3 is 2.79 bits per heavy atom. The Balaban J connectivity index is 1.72. The lowest BCUT2D eigenvalue weighted by Crippen LogP contribution is -2.45. The molecule has 0 spiro atoms.